The highest BCUT2D eigenvalue weighted by Gasteiger charge is 2.44. The number of nitrogens with zero attached hydrogens (tertiary/aromatic N) is 8. The minimum absolute atomic E-state index is 0.0103. The van der Waals surface area contributed by atoms with Gasteiger partial charge in [0.1, 0.15) is 17.4 Å². The van der Waals surface area contributed by atoms with E-state index in [-0.39, 0.29) is 83.6 Å². The van der Waals surface area contributed by atoms with Gasteiger partial charge in [0.2, 0.25) is 11.8 Å². The maximum absolute atomic E-state index is 15.1. The Kier molecular flexibility index (Phi) is 13.2. The average Bonchev–Trinajstić information content (AvgIpc) is 3.69. The molecule has 4 saturated heterocycles. The third kappa shape index (κ3) is 9.50. The lowest BCUT2D eigenvalue weighted by atomic mass is 9.87. The van der Waals surface area contributed by atoms with Gasteiger partial charge in [0.15, 0.2) is 17.3 Å². The molecule has 17 nitrogen and oxygen atoms in total. The van der Waals surface area contributed by atoms with Crippen molar-refractivity contribution in [3.63, 3.8) is 0 Å². The Morgan fingerprint density at radius 3 is 2.60 bits per heavy atom. The number of nitriles is 1. The molecule has 4 fully saturated rings. The number of carbonyl (C=O) groups is 3. The summed E-state index contributed by atoms with van der Waals surface area (Å²) in [6.45, 7) is 6.82. The number of fused-ring (bicyclic) bond motifs is 1. The summed E-state index contributed by atoms with van der Waals surface area (Å²) >= 11 is 0.977. The molecule has 4 aromatic rings. The molecule has 5 heterocycles. The van der Waals surface area contributed by atoms with Crippen molar-refractivity contribution in [2.45, 2.75) is 44.2 Å². The summed E-state index contributed by atoms with van der Waals surface area (Å²) in [6.07, 6.45) is 3.48. The summed E-state index contributed by atoms with van der Waals surface area (Å²) in [6, 6.07) is 13.7. The number of piperazine rings is 1. The van der Waals surface area contributed by atoms with Crippen LogP contribution in [0.4, 0.5) is 30.1 Å². The normalized spacial score (nSPS) is 19.1. The standard InChI is InChI=1S/C42H46F2N10O7S2/c1-3-49(2)63-48-34-8-6-32(43)39(31(34)23-45)60-29-5-7-33-30(21-29)40(57)54(26-46-33)28-22-42(59-25-28)11-14-52(15-12-42)38(56)24-50-16-18-51(19-17-50)35-9-4-27(20-36(35)61-62-44)53-13-10-37(55)47-41(53)58/h4-9,20-21,26,28,48H,3,10-19,22,24-25H2,1-2H3,(H,47,55,58). The highest BCUT2D eigenvalue weighted by Crippen LogP contribution is 2.41. The van der Waals surface area contributed by atoms with E-state index in [2.05, 4.69) is 24.8 Å². The number of rotatable bonds is 13. The van der Waals surface area contributed by atoms with Crippen molar-refractivity contribution in [2.75, 3.05) is 87.1 Å². The molecule has 4 aliphatic rings. The number of anilines is 3. The van der Waals surface area contributed by atoms with Gasteiger partial charge < -0.3 is 28.2 Å². The monoisotopic (exact) mass is 904 g/mol. The fourth-order valence-corrected chi connectivity index (χ4v) is 9.15. The van der Waals surface area contributed by atoms with Crippen molar-refractivity contribution in [2.24, 2.45) is 0 Å². The molecule has 0 radical (unpaired) electrons. The van der Waals surface area contributed by atoms with E-state index < -0.39 is 17.4 Å². The van der Waals surface area contributed by atoms with Crippen LogP contribution < -0.4 is 34.3 Å². The van der Waals surface area contributed by atoms with Crippen molar-refractivity contribution in [3.8, 4) is 23.3 Å². The van der Waals surface area contributed by atoms with Gasteiger partial charge >= 0.3 is 6.03 Å². The Morgan fingerprint density at radius 2 is 1.87 bits per heavy atom. The van der Waals surface area contributed by atoms with Gasteiger partial charge in [0.05, 0.1) is 53.4 Å². The van der Waals surface area contributed by atoms with Gasteiger partial charge in [0.25, 0.3) is 18.0 Å². The second-order valence-electron chi connectivity index (χ2n) is 15.8. The van der Waals surface area contributed by atoms with E-state index in [0.29, 0.717) is 87.7 Å². The number of amides is 4. The number of halogens is 2. The Morgan fingerprint density at radius 1 is 1.08 bits per heavy atom. The molecule has 332 valence electrons. The molecule has 4 amide bonds. The fraction of sp³-hybridized carbons (Fsp3) is 0.429. The first-order valence-corrected chi connectivity index (χ1v) is 22.0. The lowest BCUT2D eigenvalue weighted by Gasteiger charge is -2.40. The van der Waals surface area contributed by atoms with Gasteiger partial charge in [-0.2, -0.15) is 5.26 Å². The van der Waals surface area contributed by atoms with Crippen LogP contribution in [-0.2, 0) is 14.3 Å². The van der Waals surface area contributed by atoms with Gasteiger partial charge in [-0.15, -0.1) is 3.89 Å². The lowest BCUT2D eigenvalue weighted by molar-refractivity contribution is -0.137. The molecule has 1 spiro atoms. The van der Waals surface area contributed by atoms with E-state index >= 15 is 4.39 Å². The molecule has 0 bridgehead atoms. The number of benzene rings is 3. The first-order valence-electron chi connectivity index (χ1n) is 20.6. The van der Waals surface area contributed by atoms with Crippen LogP contribution in [0.25, 0.3) is 10.9 Å². The van der Waals surface area contributed by atoms with Gasteiger partial charge in [-0.05, 0) is 68.8 Å². The SMILES string of the molecule is CCN(C)SNc1ccc(F)c(Oc2ccc3ncn(C4COC5(CCN(C(=O)CN6CCN(c7ccc(N8CCC(=O)NC8=O)cc7OSF)CC6)CC5)C4)c(=O)c3c2)c1C#N. The molecule has 1 aromatic heterocycles. The van der Waals surface area contributed by atoms with Crippen LogP contribution in [0.2, 0.25) is 0 Å². The molecule has 4 aliphatic heterocycles. The van der Waals surface area contributed by atoms with Crippen LogP contribution in [0.15, 0.2) is 59.7 Å². The summed E-state index contributed by atoms with van der Waals surface area (Å²) in [5.74, 6) is -0.868. The van der Waals surface area contributed by atoms with Gasteiger partial charge in [-0.3, -0.25) is 34.1 Å². The quantitative estimate of drug-likeness (QED) is 0.125. The smallest absolute Gasteiger partial charge is 0.328 e. The summed E-state index contributed by atoms with van der Waals surface area (Å²) in [5.41, 5.74) is 1.16. The molecule has 63 heavy (non-hydrogen) atoms. The molecule has 2 N–H and O–H groups in total. The largest absolute Gasteiger partial charge is 0.453 e. The summed E-state index contributed by atoms with van der Waals surface area (Å²) in [5, 5.41) is 12.5. The van der Waals surface area contributed by atoms with Crippen molar-refractivity contribution in [3.05, 3.63) is 76.6 Å². The number of piperidine rings is 1. The van der Waals surface area contributed by atoms with Gasteiger partial charge in [-0.1, -0.05) is 6.92 Å². The lowest BCUT2D eigenvalue weighted by Crippen LogP contribution is -2.52. The molecule has 0 aliphatic carbocycles. The third-order valence-electron chi connectivity index (χ3n) is 12.1. The highest BCUT2D eigenvalue weighted by molar-refractivity contribution is 7.98. The Balaban J connectivity index is 0.854. The predicted octanol–water partition coefficient (Wildman–Crippen LogP) is 5.63. The maximum atomic E-state index is 15.1. The fourth-order valence-electron chi connectivity index (χ4n) is 8.39. The van der Waals surface area contributed by atoms with Crippen molar-refractivity contribution >= 4 is 70.4 Å². The average molecular weight is 905 g/mol. The van der Waals surface area contributed by atoms with Crippen molar-refractivity contribution in [1.82, 2.24) is 29.0 Å². The van der Waals surface area contributed by atoms with Crippen LogP contribution in [0.3, 0.4) is 0 Å². The molecule has 21 heteroatoms. The van der Waals surface area contributed by atoms with Crippen LogP contribution in [0, 0.1) is 17.1 Å². The first kappa shape index (κ1) is 44.0. The second-order valence-corrected chi connectivity index (χ2v) is 17.1. The number of ether oxygens (including phenoxy) is 2. The number of carbonyl (C=O) groups excluding carboxylic acids is 3. The van der Waals surface area contributed by atoms with Crippen LogP contribution in [0.1, 0.15) is 44.2 Å². The first-order chi connectivity index (χ1) is 30.5. The number of likely N-dealkylation sites (tertiary alicyclic amines) is 1. The van der Waals surface area contributed by atoms with E-state index in [0.717, 1.165) is 6.54 Å². The van der Waals surface area contributed by atoms with Gasteiger partial charge in [-0.25, -0.2) is 18.5 Å². The van der Waals surface area contributed by atoms with E-state index in [1.165, 1.54) is 41.6 Å². The molecule has 1 atom stereocenters. The van der Waals surface area contributed by atoms with Gasteiger partial charge in [0, 0.05) is 82.7 Å². The molecule has 8 rings (SSSR count). The molecular formula is C42H46F2N10O7S2. The Bertz CT molecular complexity index is 2490. The van der Waals surface area contributed by atoms with Crippen LogP contribution >= 0.6 is 24.6 Å². The Labute approximate surface area is 371 Å². The van der Waals surface area contributed by atoms with Crippen LogP contribution in [0.5, 0.6) is 17.2 Å². The molecular weight excluding hydrogens is 859 g/mol. The summed E-state index contributed by atoms with van der Waals surface area (Å²) < 4.78 is 52.5. The number of aromatic nitrogens is 2. The molecule has 3 aromatic carbocycles. The van der Waals surface area contributed by atoms with Crippen molar-refractivity contribution < 1.29 is 36.3 Å². The maximum Gasteiger partial charge on any atom is 0.328 e. The zero-order chi connectivity index (χ0) is 44.3. The zero-order valence-corrected chi connectivity index (χ0v) is 36.3. The number of imide groups is 1. The number of urea groups is 1. The number of nitrogens with one attached hydrogen (secondary N) is 2. The number of hydrogen-bond donors (Lipinski definition) is 2. The van der Waals surface area contributed by atoms with E-state index in [1.54, 1.807) is 34.9 Å². The van der Waals surface area contributed by atoms with Crippen molar-refractivity contribution in [1.29, 1.82) is 5.26 Å². The minimum Gasteiger partial charge on any atom is -0.453 e. The van der Waals surface area contributed by atoms with E-state index in [1.807, 2.05) is 29.2 Å². The molecule has 1 unspecified atom stereocenters. The Hall–Kier alpha value is -5.66. The summed E-state index contributed by atoms with van der Waals surface area (Å²) in [4.78, 5) is 63.4. The summed E-state index contributed by atoms with van der Waals surface area (Å²) in [7, 11) is 1.87. The van der Waals surface area contributed by atoms with E-state index in [4.69, 9.17) is 13.7 Å². The zero-order valence-electron chi connectivity index (χ0n) is 34.7. The molecule has 0 saturated carbocycles. The third-order valence-corrected chi connectivity index (χ3v) is 13.2. The number of hydrogen-bond acceptors (Lipinski definition) is 15. The minimum atomic E-state index is -0.720. The topological polar surface area (TPSA) is 178 Å². The van der Waals surface area contributed by atoms with Crippen LogP contribution in [-0.4, -0.2) is 120 Å². The second kappa shape index (κ2) is 19.0. The highest BCUT2D eigenvalue weighted by atomic mass is 32.2. The predicted molar refractivity (Wildman–Crippen MR) is 235 cm³/mol. The van der Waals surface area contributed by atoms with E-state index in [9.17, 15) is 28.3 Å².